The molecule has 2 aliphatic heterocycles. The minimum atomic E-state index is -0.971. The van der Waals surface area contributed by atoms with E-state index >= 15 is 0 Å². The summed E-state index contributed by atoms with van der Waals surface area (Å²) in [6.07, 6.45) is 1.12. The van der Waals surface area contributed by atoms with Gasteiger partial charge in [0.2, 0.25) is 23.6 Å². The Labute approximate surface area is 276 Å². The zero-order valence-electron chi connectivity index (χ0n) is 28.1. The van der Waals surface area contributed by atoms with Gasteiger partial charge in [0, 0.05) is 19.8 Å². The molecule has 3 heterocycles. The summed E-state index contributed by atoms with van der Waals surface area (Å²) in [5.41, 5.74) is 1.65. The second-order valence-electron chi connectivity index (χ2n) is 13.0. The Hall–Kier alpha value is -4.74. The largest absolute Gasteiger partial charge is 0.491 e. The zero-order chi connectivity index (χ0) is 34.1. The number of nitrogens with one attached hydrogen (secondary N) is 4. The molecule has 0 saturated carbocycles. The van der Waals surface area contributed by atoms with E-state index in [0.717, 1.165) is 11.1 Å². The lowest BCUT2D eigenvalue weighted by Gasteiger charge is -2.27. The molecule has 4 N–H and O–H groups in total. The van der Waals surface area contributed by atoms with Gasteiger partial charge in [0.15, 0.2) is 5.82 Å². The smallest absolute Gasteiger partial charge is 0.243 e. The lowest BCUT2D eigenvalue weighted by Crippen LogP contribution is -2.55. The Morgan fingerprint density at radius 3 is 2.32 bits per heavy atom. The fraction of sp³-hybridized carbons (Fsp3) is 0.486. The molecule has 1 aromatic heterocycles. The molecule has 12 nitrogen and oxygen atoms in total. The third-order valence-electron chi connectivity index (χ3n) is 7.89. The van der Waals surface area contributed by atoms with Crippen LogP contribution in [0.15, 0.2) is 54.6 Å². The van der Waals surface area contributed by atoms with E-state index in [1.54, 1.807) is 19.1 Å². The summed E-state index contributed by atoms with van der Waals surface area (Å²) < 4.78 is 7.60. The number of aryl methyl sites for hydroxylation is 1. The van der Waals surface area contributed by atoms with Gasteiger partial charge in [-0.15, -0.1) is 0 Å². The van der Waals surface area contributed by atoms with Gasteiger partial charge in [-0.2, -0.15) is 5.10 Å². The maximum atomic E-state index is 14.0. The van der Waals surface area contributed by atoms with E-state index in [0.29, 0.717) is 29.7 Å². The van der Waals surface area contributed by atoms with E-state index in [-0.39, 0.29) is 49.8 Å². The first-order valence-electron chi connectivity index (χ1n) is 16.2. The first-order chi connectivity index (χ1) is 22.4. The average molecular weight is 646 g/mol. The van der Waals surface area contributed by atoms with Crippen molar-refractivity contribution in [3.63, 3.8) is 0 Å². The molecule has 0 saturated heterocycles. The maximum absolute atomic E-state index is 14.0. The molecule has 0 fully saturated rings. The minimum Gasteiger partial charge on any atom is -0.491 e. The van der Waals surface area contributed by atoms with E-state index in [1.807, 2.05) is 56.3 Å². The first kappa shape index (κ1) is 35.1. The van der Waals surface area contributed by atoms with Gasteiger partial charge < -0.3 is 26.0 Å². The number of amides is 4. The molecule has 0 unspecified atom stereocenters. The van der Waals surface area contributed by atoms with Crippen LogP contribution >= 0.6 is 0 Å². The zero-order valence-corrected chi connectivity index (χ0v) is 28.1. The van der Waals surface area contributed by atoms with Crippen LogP contribution in [0.5, 0.6) is 5.75 Å². The second kappa shape index (κ2) is 16.2. The van der Waals surface area contributed by atoms with Crippen molar-refractivity contribution in [1.29, 1.82) is 0 Å². The van der Waals surface area contributed by atoms with Crippen molar-refractivity contribution in [1.82, 2.24) is 36.0 Å². The second-order valence-corrected chi connectivity index (χ2v) is 13.0. The average Bonchev–Trinajstić information content (AvgIpc) is 3.36. The number of rotatable bonds is 6. The van der Waals surface area contributed by atoms with Crippen LogP contribution in [0.2, 0.25) is 0 Å². The lowest BCUT2D eigenvalue weighted by molar-refractivity contribution is -0.132. The Morgan fingerprint density at radius 1 is 0.979 bits per heavy atom. The maximum Gasteiger partial charge on any atom is 0.243 e. The van der Waals surface area contributed by atoms with Crippen LogP contribution in [-0.2, 0) is 38.6 Å². The summed E-state index contributed by atoms with van der Waals surface area (Å²) in [6.45, 7) is 11.3. The van der Waals surface area contributed by atoms with Crippen LogP contribution in [0.25, 0.3) is 0 Å². The molecule has 4 amide bonds. The number of benzene rings is 2. The van der Waals surface area contributed by atoms with Crippen LogP contribution in [0.4, 0.5) is 0 Å². The molecule has 5 rings (SSSR count). The van der Waals surface area contributed by atoms with Crippen LogP contribution in [-0.4, -0.2) is 63.1 Å². The molecule has 4 atom stereocenters. The predicted octanol–water partition coefficient (Wildman–Crippen LogP) is 2.80. The monoisotopic (exact) mass is 645 g/mol. The molecule has 2 aliphatic rings. The minimum absolute atomic E-state index is 0.0961. The predicted molar refractivity (Wildman–Crippen MR) is 177 cm³/mol. The Balaban J connectivity index is 1.74. The number of nitrogens with zero attached hydrogens (tertiary/aromatic N) is 3. The fourth-order valence-electron chi connectivity index (χ4n) is 5.69. The molecule has 2 bridgehead atoms. The quantitative estimate of drug-likeness (QED) is 0.321. The standard InChI is InChI=1S/C35H47N7O5/c1-21(2)16-27-20-47-28-14-12-26(13-15-28)18-29(37-24(6)43)34(45)39-30(17-25-10-8-7-9-11-25)35(46)40-32(22(3)4)33-36-23(5)41-42(33)19-31(44)38-27/h7-15,21-22,27,29-30,32H,16-20H2,1-6H3,(H,37,43)(H,38,44)(H,39,45)(H,40,46)/t27-,29+,30-,32-/m0/s1. The highest BCUT2D eigenvalue weighted by Gasteiger charge is 2.32. The summed E-state index contributed by atoms with van der Waals surface area (Å²) >= 11 is 0. The normalized spacial score (nSPS) is 21.3. The van der Waals surface area contributed by atoms with Gasteiger partial charge >= 0.3 is 0 Å². The highest BCUT2D eigenvalue weighted by atomic mass is 16.5. The van der Waals surface area contributed by atoms with Crippen molar-refractivity contribution in [2.45, 2.75) is 91.5 Å². The van der Waals surface area contributed by atoms with Crippen LogP contribution in [0, 0.1) is 18.8 Å². The Morgan fingerprint density at radius 2 is 1.68 bits per heavy atom. The molecule has 2 aromatic carbocycles. The summed E-state index contributed by atoms with van der Waals surface area (Å²) in [5.74, 6) is 0.163. The third kappa shape index (κ3) is 10.4. The van der Waals surface area contributed by atoms with E-state index in [9.17, 15) is 19.2 Å². The van der Waals surface area contributed by atoms with Crippen molar-refractivity contribution in [3.8, 4) is 5.75 Å². The van der Waals surface area contributed by atoms with E-state index < -0.39 is 29.9 Å². The molecule has 12 heteroatoms. The molecular weight excluding hydrogens is 598 g/mol. The SMILES string of the molecule is CC(=O)N[C@@H]1Cc2ccc(cc2)OC[C@H](CC(C)C)NC(=O)Cn2nc(C)nc2[C@H](C(C)C)NC(=O)[C@H](Cc2ccccc2)NC1=O. The molecule has 0 aliphatic carbocycles. The molecule has 0 spiro atoms. The number of hydrogen-bond acceptors (Lipinski definition) is 7. The Bertz CT molecular complexity index is 1520. The first-order valence-corrected chi connectivity index (χ1v) is 16.2. The summed E-state index contributed by atoms with van der Waals surface area (Å²) in [6, 6.07) is 13.9. The topological polar surface area (TPSA) is 156 Å². The molecule has 252 valence electrons. The van der Waals surface area contributed by atoms with Crippen LogP contribution < -0.4 is 26.0 Å². The highest BCUT2D eigenvalue weighted by molar-refractivity contribution is 5.92. The van der Waals surface area contributed by atoms with Crippen molar-refractivity contribution in [3.05, 3.63) is 77.4 Å². The highest BCUT2D eigenvalue weighted by Crippen LogP contribution is 2.22. The van der Waals surface area contributed by atoms with Gasteiger partial charge in [-0.25, -0.2) is 9.67 Å². The third-order valence-corrected chi connectivity index (χ3v) is 7.89. The number of carbonyl (C=O) groups is 4. The van der Waals surface area contributed by atoms with Gasteiger partial charge in [-0.1, -0.05) is 70.2 Å². The summed E-state index contributed by atoms with van der Waals surface area (Å²) in [4.78, 5) is 58.0. The number of fused-ring (bicyclic) bond motifs is 14. The van der Waals surface area contributed by atoms with Crippen molar-refractivity contribution in [2.24, 2.45) is 11.8 Å². The van der Waals surface area contributed by atoms with Crippen LogP contribution in [0.1, 0.15) is 69.9 Å². The molecule has 47 heavy (non-hydrogen) atoms. The molecule has 0 radical (unpaired) electrons. The van der Waals surface area contributed by atoms with Gasteiger partial charge in [-0.3, -0.25) is 19.2 Å². The van der Waals surface area contributed by atoms with Gasteiger partial charge in [0.05, 0.1) is 12.1 Å². The number of hydrogen-bond donors (Lipinski definition) is 4. The van der Waals surface area contributed by atoms with Crippen molar-refractivity contribution < 1.29 is 23.9 Å². The summed E-state index contributed by atoms with van der Waals surface area (Å²) in [7, 11) is 0. The number of carbonyl (C=O) groups excluding carboxylic acids is 4. The number of ether oxygens (including phenoxy) is 1. The van der Waals surface area contributed by atoms with Gasteiger partial charge in [0.1, 0.15) is 36.8 Å². The molecular formula is C35H47N7O5. The number of aromatic nitrogens is 3. The van der Waals surface area contributed by atoms with E-state index in [4.69, 9.17) is 4.74 Å². The van der Waals surface area contributed by atoms with Crippen molar-refractivity contribution >= 4 is 23.6 Å². The van der Waals surface area contributed by atoms with E-state index in [1.165, 1.54) is 11.6 Å². The van der Waals surface area contributed by atoms with Gasteiger partial charge in [0.25, 0.3) is 0 Å². The lowest BCUT2D eigenvalue weighted by atomic mass is 10.00. The van der Waals surface area contributed by atoms with Crippen LogP contribution in [0.3, 0.4) is 0 Å². The van der Waals surface area contributed by atoms with Crippen molar-refractivity contribution in [2.75, 3.05) is 6.61 Å². The van der Waals surface area contributed by atoms with E-state index in [2.05, 4.69) is 45.2 Å². The van der Waals surface area contributed by atoms with Gasteiger partial charge in [-0.05, 0) is 48.4 Å². The Kier molecular flexibility index (Phi) is 12.1. The molecule has 3 aromatic rings. The fourth-order valence-corrected chi connectivity index (χ4v) is 5.69. The summed E-state index contributed by atoms with van der Waals surface area (Å²) in [5, 5.41) is 16.3.